The standard InChI is InChI=1S/C19H27N5O2.ClH/c1-12(2)16(21-18(25)14-8-6-5-7-13(14)3)19-22-17(23-26-19)15-11-20-9-10-24(15)4;/h5-8,12,15-16,20H,9-11H2,1-4H3,(H,21,25);1H. The fourth-order valence-corrected chi connectivity index (χ4v) is 3.16. The van der Waals surface area contributed by atoms with E-state index >= 15 is 0 Å². The van der Waals surface area contributed by atoms with Crippen LogP contribution in [0.1, 0.15) is 53.6 Å². The molecule has 1 amide bonds. The topological polar surface area (TPSA) is 83.3 Å². The molecule has 3 rings (SSSR count). The van der Waals surface area contributed by atoms with Crippen LogP contribution in [0.4, 0.5) is 0 Å². The van der Waals surface area contributed by atoms with Crippen molar-refractivity contribution in [2.45, 2.75) is 32.9 Å². The molecule has 27 heavy (non-hydrogen) atoms. The maximum absolute atomic E-state index is 12.7. The molecule has 148 valence electrons. The van der Waals surface area contributed by atoms with Crippen molar-refractivity contribution in [2.24, 2.45) is 5.92 Å². The summed E-state index contributed by atoms with van der Waals surface area (Å²) in [7, 11) is 2.06. The maximum atomic E-state index is 12.7. The average Bonchev–Trinajstić information content (AvgIpc) is 3.09. The number of rotatable bonds is 5. The van der Waals surface area contributed by atoms with Gasteiger partial charge in [0.2, 0.25) is 5.89 Å². The zero-order chi connectivity index (χ0) is 18.7. The van der Waals surface area contributed by atoms with Crippen LogP contribution in [0.25, 0.3) is 0 Å². The van der Waals surface area contributed by atoms with Crippen molar-refractivity contribution in [3.05, 3.63) is 47.1 Å². The van der Waals surface area contributed by atoms with Crippen LogP contribution < -0.4 is 10.6 Å². The van der Waals surface area contributed by atoms with Gasteiger partial charge >= 0.3 is 0 Å². The highest BCUT2D eigenvalue weighted by molar-refractivity contribution is 5.95. The summed E-state index contributed by atoms with van der Waals surface area (Å²) >= 11 is 0. The number of aromatic nitrogens is 2. The van der Waals surface area contributed by atoms with Gasteiger partial charge in [-0.2, -0.15) is 4.98 Å². The number of nitrogens with zero attached hydrogens (tertiary/aromatic N) is 3. The first-order valence-corrected chi connectivity index (χ1v) is 9.08. The number of halogens is 1. The summed E-state index contributed by atoms with van der Waals surface area (Å²) in [6, 6.07) is 7.29. The Balaban J connectivity index is 0.00000261. The fraction of sp³-hybridized carbons (Fsp3) is 0.526. The summed E-state index contributed by atoms with van der Waals surface area (Å²) in [5.74, 6) is 1.11. The van der Waals surface area contributed by atoms with Crippen molar-refractivity contribution in [3.8, 4) is 0 Å². The van der Waals surface area contributed by atoms with Gasteiger partial charge in [0.05, 0.1) is 6.04 Å². The van der Waals surface area contributed by atoms with Crippen LogP contribution in [-0.4, -0.2) is 47.6 Å². The minimum Gasteiger partial charge on any atom is -0.340 e. The van der Waals surface area contributed by atoms with Gasteiger partial charge in [-0.05, 0) is 31.5 Å². The van der Waals surface area contributed by atoms with Crippen molar-refractivity contribution < 1.29 is 9.32 Å². The predicted octanol–water partition coefficient (Wildman–Crippen LogP) is 2.50. The highest BCUT2D eigenvalue weighted by Gasteiger charge is 2.29. The zero-order valence-corrected chi connectivity index (χ0v) is 17.0. The van der Waals surface area contributed by atoms with Gasteiger partial charge in [0.1, 0.15) is 6.04 Å². The molecule has 0 bridgehead atoms. The van der Waals surface area contributed by atoms with Gasteiger partial charge in [0.15, 0.2) is 5.82 Å². The summed E-state index contributed by atoms with van der Waals surface area (Å²) in [6.45, 7) is 8.67. The lowest BCUT2D eigenvalue weighted by atomic mass is 10.0. The zero-order valence-electron chi connectivity index (χ0n) is 16.2. The van der Waals surface area contributed by atoms with E-state index < -0.39 is 0 Å². The second-order valence-electron chi connectivity index (χ2n) is 7.20. The van der Waals surface area contributed by atoms with Crippen molar-refractivity contribution >= 4 is 18.3 Å². The van der Waals surface area contributed by atoms with E-state index in [0.717, 1.165) is 25.2 Å². The van der Waals surface area contributed by atoms with Crippen LogP contribution >= 0.6 is 12.4 Å². The lowest BCUT2D eigenvalue weighted by molar-refractivity contribution is 0.0913. The third-order valence-electron chi connectivity index (χ3n) is 4.88. The van der Waals surface area contributed by atoms with Gasteiger partial charge in [-0.1, -0.05) is 37.2 Å². The third kappa shape index (κ3) is 4.86. The minimum absolute atomic E-state index is 0. The SMILES string of the molecule is Cc1ccccc1C(=O)NC(c1nc(C2CNCCN2C)no1)C(C)C.Cl. The Morgan fingerprint density at radius 2 is 2.11 bits per heavy atom. The van der Waals surface area contributed by atoms with Crippen LogP contribution in [0.3, 0.4) is 0 Å². The Hall–Kier alpha value is -1.96. The minimum atomic E-state index is -0.329. The number of benzene rings is 1. The summed E-state index contributed by atoms with van der Waals surface area (Å²) in [6.07, 6.45) is 0. The molecule has 2 atom stereocenters. The van der Waals surface area contributed by atoms with Crippen LogP contribution in [0.2, 0.25) is 0 Å². The highest BCUT2D eigenvalue weighted by Crippen LogP contribution is 2.24. The molecule has 2 unspecified atom stereocenters. The van der Waals surface area contributed by atoms with Crippen LogP contribution in [0, 0.1) is 12.8 Å². The number of hydrogen-bond donors (Lipinski definition) is 2. The lowest BCUT2D eigenvalue weighted by Gasteiger charge is -2.30. The van der Waals surface area contributed by atoms with Crippen molar-refractivity contribution in [1.82, 2.24) is 25.7 Å². The Bertz CT molecular complexity index is 764. The van der Waals surface area contributed by atoms with E-state index in [1.807, 2.05) is 45.0 Å². The van der Waals surface area contributed by atoms with E-state index in [0.29, 0.717) is 17.3 Å². The summed E-state index contributed by atoms with van der Waals surface area (Å²) < 4.78 is 5.53. The van der Waals surface area contributed by atoms with Crippen LogP contribution in [-0.2, 0) is 0 Å². The number of carbonyl (C=O) groups excluding carboxylic acids is 1. The van der Waals surface area contributed by atoms with Gasteiger partial charge in [-0.25, -0.2) is 0 Å². The van der Waals surface area contributed by atoms with Crippen molar-refractivity contribution in [3.63, 3.8) is 0 Å². The predicted molar refractivity (Wildman–Crippen MR) is 106 cm³/mol. The summed E-state index contributed by atoms with van der Waals surface area (Å²) in [5.41, 5.74) is 1.60. The molecule has 0 aliphatic carbocycles. The molecule has 1 aliphatic heterocycles. The van der Waals surface area contributed by atoms with E-state index in [1.165, 1.54) is 0 Å². The van der Waals surface area contributed by atoms with Gasteiger partial charge in [-0.3, -0.25) is 9.69 Å². The molecule has 0 spiro atoms. The Kier molecular flexibility index (Phi) is 7.35. The molecule has 8 heteroatoms. The lowest BCUT2D eigenvalue weighted by Crippen LogP contribution is -2.44. The van der Waals surface area contributed by atoms with E-state index in [9.17, 15) is 4.79 Å². The Labute approximate surface area is 166 Å². The molecule has 1 aliphatic rings. The normalized spacial score (nSPS) is 18.8. The van der Waals surface area contributed by atoms with Gasteiger partial charge in [0, 0.05) is 25.2 Å². The number of aryl methyl sites for hydroxylation is 1. The monoisotopic (exact) mass is 393 g/mol. The number of nitrogens with one attached hydrogen (secondary N) is 2. The molecular weight excluding hydrogens is 366 g/mol. The van der Waals surface area contributed by atoms with Gasteiger partial charge in [0.25, 0.3) is 5.91 Å². The second-order valence-corrected chi connectivity index (χ2v) is 7.20. The summed E-state index contributed by atoms with van der Waals surface area (Å²) in [5, 5.41) is 10.6. The highest BCUT2D eigenvalue weighted by atomic mass is 35.5. The Morgan fingerprint density at radius 3 is 2.78 bits per heavy atom. The van der Waals surface area contributed by atoms with Crippen LogP contribution in [0.5, 0.6) is 0 Å². The van der Waals surface area contributed by atoms with Crippen LogP contribution in [0.15, 0.2) is 28.8 Å². The molecule has 2 heterocycles. The first-order chi connectivity index (χ1) is 12.5. The van der Waals surface area contributed by atoms with Gasteiger partial charge in [-0.15, -0.1) is 12.4 Å². The maximum Gasteiger partial charge on any atom is 0.252 e. The number of likely N-dealkylation sites (N-methyl/N-ethyl adjacent to an activating group) is 1. The molecule has 1 aromatic carbocycles. The van der Waals surface area contributed by atoms with E-state index in [4.69, 9.17) is 4.52 Å². The molecule has 1 saturated heterocycles. The molecule has 2 aromatic rings. The fourth-order valence-electron chi connectivity index (χ4n) is 3.16. The molecule has 7 nitrogen and oxygen atoms in total. The molecule has 0 radical (unpaired) electrons. The Morgan fingerprint density at radius 1 is 1.37 bits per heavy atom. The average molecular weight is 394 g/mol. The largest absolute Gasteiger partial charge is 0.340 e. The van der Waals surface area contributed by atoms with E-state index in [2.05, 4.69) is 32.7 Å². The molecule has 1 aromatic heterocycles. The molecule has 0 saturated carbocycles. The molecular formula is C19H28ClN5O2. The van der Waals surface area contributed by atoms with Gasteiger partial charge < -0.3 is 15.2 Å². The number of piperazine rings is 1. The summed E-state index contributed by atoms with van der Waals surface area (Å²) in [4.78, 5) is 19.5. The van der Waals surface area contributed by atoms with Crippen molar-refractivity contribution in [1.29, 1.82) is 0 Å². The molecule has 2 N–H and O–H groups in total. The molecule has 1 fully saturated rings. The smallest absolute Gasteiger partial charge is 0.252 e. The number of carbonyl (C=O) groups is 1. The quantitative estimate of drug-likeness (QED) is 0.812. The number of amides is 1. The third-order valence-corrected chi connectivity index (χ3v) is 4.88. The van der Waals surface area contributed by atoms with Crippen molar-refractivity contribution in [2.75, 3.05) is 26.7 Å². The number of hydrogen-bond acceptors (Lipinski definition) is 6. The van der Waals surface area contributed by atoms with E-state index in [-0.39, 0.29) is 36.3 Å². The first-order valence-electron chi connectivity index (χ1n) is 9.08. The first kappa shape index (κ1) is 21.3. The second kappa shape index (κ2) is 9.30. The van der Waals surface area contributed by atoms with E-state index in [1.54, 1.807) is 0 Å².